The van der Waals surface area contributed by atoms with Gasteiger partial charge in [-0.05, 0) is 74.9 Å². The minimum Gasteiger partial charge on any atom is -1.00 e. The van der Waals surface area contributed by atoms with Crippen LogP contribution in [0.25, 0.3) is 0 Å². The van der Waals surface area contributed by atoms with E-state index in [0.717, 1.165) is 13.1 Å². The van der Waals surface area contributed by atoms with Gasteiger partial charge in [0.15, 0.2) is 0 Å². The van der Waals surface area contributed by atoms with Crippen LogP contribution in [0, 0.1) is 55.4 Å². The average Bonchev–Trinajstić information content (AvgIpc) is 2.82. The second-order valence-electron chi connectivity index (χ2n) is 8.30. The molecule has 0 saturated heterocycles. The summed E-state index contributed by atoms with van der Waals surface area (Å²) in [5.41, 5.74) is 13.8. The Labute approximate surface area is 176 Å². The van der Waals surface area contributed by atoms with Crippen LogP contribution in [0.15, 0.2) is 30.6 Å². The van der Waals surface area contributed by atoms with E-state index in [0.29, 0.717) is 0 Å². The third-order valence-corrected chi connectivity index (χ3v) is 6.00. The second kappa shape index (κ2) is 8.53. The van der Waals surface area contributed by atoms with Gasteiger partial charge in [-0.1, -0.05) is 35.4 Å². The molecule has 0 aliphatic carbocycles. The summed E-state index contributed by atoms with van der Waals surface area (Å²) in [4.78, 5) is 0. The number of hydrogen-bond acceptors (Lipinski definition) is 0. The maximum atomic E-state index is 2.40. The van der Waals surface area contributed by atoms with Crippen LogP contribution in [-0.4, -0.2) is 4.57 Å². The van der Waals surface area contributed by atoms with E-state index in [9.17, 15) is 0 Å². The minimum absolute atomic E-state index is 0. The maximum Gasteiger partial charge on any atom is 0.244 e. The first kappa shape index (κ1) is 22.2. The number of aryl methyl sites for hydroxylation is 6. The molecule has 0 N–H and O–H groups in total. The molecule has 0 aliphatic rings. The van der Waals surface area contributed by atoms with Crippen LogP contribution >= 0.6 is 0 Å². The molecule has 0 spiro atoms. The summed E-state index contributed by atoms with van der Waals surface area (Å²) in [6.07, 6.45) is 2.29. The van der Waals surface area contributed by atoms with E-state index in [-0.39, 0.29) is 12.4 Å². The predicted molar refractivity (Wildman–Crippen MR) is 114 cm³/mol. The number of imidazole rings is 1. The van der Waals surface area contributed by atoms with Crippen molar-refractivity contribution in [1.29, 1.82) is 0 Å². The molecule has 0 fully saturated rings. The highest BCUT2D eigenvalue weighted by atomic mass is 35.5. The number of nitrogens with zero attached hydrogens (tertiary/aromatic N) is 2. The molecular weight excluding hydrogens is 364 g/mol. The van der Waals surface area contributed by atoms with E-state index in [4.69, 9.17) is 0 Å². The van der Waals surface area contributed by atoms with Gasteiger partial charge in [0.2, 0.25) is 6.33 Å². The topological polar surface area (TPSA) is 8.81 Å². The SMILES string of the molecule is Cc1cc(C)c(Cn2c[n+](Cc3c(C)cc(C)cc3C)c(C)c2C)c(C)c1.[Cl-]. The Morgan fingerprint density at radius 3 is 1.57 bits per heavy atom. The largest absolute Gasteiger partial charge is 1.00 e. The number of hydrogen-bond donors (Lipinski definition) is 0. The first-order chi connectivity index (χ1) is 12.7. The van der Waals surface area contributed by atoms with Crippen LogP contribution in [0.4, 0.5) is 0 Å². The molecular formula is C25H33ClN2. The van der Waals surface area contributed by atoms with Gasteiger partial charge in [-0.2, -0.15) is 0 Å². The van der Waals surface area contributed by atoms with Crippen LogP contribution in [0.3, 0.4) is 0 Å². The third-order valence-electron chi connectivity index (χ3n) is 6.00. The lowest BCUT2D eigenvalue weighted by molar-refractivity contribution is -0.693. The minimum atomic E-state index is 0. The quantitative estimate of drug-likeness (QED) is 0.598. The van der Waals surface area contributed by atoms with Crippen LogP contribution < -0.4 is 17.0 Å². The summed E-state index contributed by atoms with van der Waals surface area (Å²) in [6, 6.07) is 9.17. The highest BCUT2D eigenvalue weighted by Gasteiger charge is 2.19. The van der Waals surface area contributed by atoms with Gasteiger partial charge in [-0.25, -0.2) is 9.13 Å². The van der Waals surface area contributed by atoms with Crippen molar-refractivity contribution in [3.8, 4) is 0 Å². The Morgan fingerprint density at radius 2 is 1.11 bits per heavy atom. The second-order valence-corrected chi connectivity index (χ2v) is 8.30. The van der Waals surface area contributed by atoms with Crippen molar-refractivity contribution < 1.29 is 17.0 Å². The first-order valence-electron chi connectivity index (χ1n) is 9.86. The molecule has 0 aliphatic heterocycles. The Hall–Kier alpha value is -2.06. The fourth-order valence-electron chi connectivity index (χ4n) is 4.34. The zero-order valence-electron chi connectivity index (χ0n) is 18.6. The number of aromatic nitrogens is 2. The van der Waals surface area contributed by atoms with Gasteiger partial charge in [0.05, 0.1) is 0 Å². The summed E-state index contributed by atoms with van der Waals surface area (Å²) in [5.74, 6) is 0. The number of halogens is 1. The molecule has 3 rings (SSSR count). The Kier molecular flexibility index (Phi) is 6.77. The fourth-order valence-corrected chi connectivity index (χ4v) is 4.34. The van der Waals surface area contributed by atoms with Gasteiger partial charge in [-0.15, -0.1) is 0 Å². The van der Waals surface area contributed by atoms with Crippen molar-refractivity contribution in [2.45, 2.75) is 68.5 Å². The normalized spacial score (nSPS) is 10.9. The third kappa shape index (κ3) is 4.33. The molecule has 3 heteroatoms. The highest BCUT2D eigenvalue weighted by molar-refractivity contribution is 5.38. The molecule has 3 aromatic rings. The Bertz CT molecular complexity index is 886. The van der Waals surface area contributed by atoms with Gasteiger partial charge in [0, 0.05) is 13.8 Å². The maximum absolute atomic E-state index is 2.40. The summed E-state index contributed by atoms with van der Waals surface area (Å²) in [6.45, 7) is 19.6. The lowest BCUT2D eigenvalue weighted by Crippen LogP contribution is -3.00. The highest BCUT2D eigenvalue weighted by Crippen LogP contribution is 2.20. The van der Waals surface area contributed by atoms with E-state index in [2.05, 4.69) is 95.1 Å². The van der Waals surface area contributed by atoms with Crippen LogP contribution in [-0.2, 0) is 13.1 Å². The van der Waals surface area contributed by atoms with Crippen molar-refractivity contribution in [3.63, 3.8) is 0 Å². The van der Waals surface area contributed by atoms with Crippen molar-refractivity contribution >= 4 is 0 Å². The average molecular weight is 397 g/mol. The van der Waals surface area contributed by atoms with E-state index in [1.807, 2.05) is 0 Å². The summed E-state index contributed by atoms with van der Waals surface area (Å²) < 4.78 is 4.80. The van der Waals surface area contributed by atoms with Crippen molar-refractivity contribution in [3.05, 3.63) is 86.5 Å². The lowest BCUT2D eigenvalue weighted by atomic mass is 10.00. The molecule has 0 amide bonds. The van der Waals surface area contributed by atoms with Crippen LogP contribution in [0.5, 0.6) is 0 Å². The monoisotopic (exact) mass is 396 g/mol. The summed E-state index contributed by atoms with van der Waals surface area (Å²) in [5, 5.41) is 0. The Balaban J connectivity index is 0.00000280. The number of benzene rings is 2. The first-order valence-corrected chi connectivity index (χ1v) is 9.86. The van der Waals surface area contributed by atoms with Crippen LogP contribution in [0.2, 0.25) is 0 Å². The standard InChI is InChI=1S/C25H33N2.ClH/c1-16-9-18(3)24(19(4)10-16)13-26-15-27(23(8)22(26)7)14-25-20(5)11-17(2)12-21(25)6;/h9-12,15H,13-14H2,1-8H3;1H/q+1;/p-1. The lowest BCUT2D eigenvalue weighted by Gasteiger charge is -2.10. The van der Waals surface area contributed by atoms with Crippen molar-refractivity contribution in [2.24, 2.45) is 0 Å². The molecule has 2 aromatic carbocycles. The zero-order valence-corrected chi connectivity index (χ0v) is 19.3. The Morgan fingerprint density at radius 1 is 0.679 bits per heavy atom. The predicted octanol–water partition coefficient (Wildman–Crippen LogP) is 2.34. The van der Waals surface area contributed by atoms with Gasteiger partial charge in [-0.3, -0.25) is 0 Å². The van der Waals surface area contributed by atoms with E-state index < -0.39 is 0 Å². The van der Waals surface area contributed by atoms with Crippen LogP contribution in [0.1, 0.15) is 55.9 Å². The van der Waals surface area contributed by atoms with Crippen molar-refractivity contribution in [2.75, 3.05) is 0 Å². The molecule has 0 unspecified atom stereocenters. The van der Waals surface area contributed by atoms with E-state index in [1.54, 1.807) is 0 Å². The summed E-state index contributed by atoms with van der Waals surface area (Å²) >= 11 is 0. The zero-order chi connectivity index (χ0) is 19.9. The van der Waals surface area contributed by atoms with Gasteiger partial charge in [0.25, 0.3) is 0 Å². The molecule has 0 saturated carbocycles. The molecule has 1 heterocycles. The fraction of sp³-hybridized carbons (Fsp3) is 0.400. The molecule has 2 nitrogen and oxygen atoms in total. The molecule has 0 radical (unpaired) electrons. The molecule has 28 heavy (non-hydrogen) atoms. The number of rotatable bonds is 4. The van der Waals surface area contributed by atoms with Gasteiger partial charge < -0.3 is 12.4 Å². The van der Waals surface area contributed by atoms with E-state index >= 15 is 0 Å². The smallest absolute Gasteiger partial charge is 0.244 e. The molecule has 1 aromatic heterocycles. The summed E-state index contributed by atoms with van der Waals surface area (Å²) in [7, 11) is 0. The van der Waals surface area contributed by atoms with Crippen molar-refractivity contribution in [1.82, 2.24) is 4.57 Å². The molecule has 150 valence electrons. The molecule has 0 atom stereocenters. The van der Waals surface area contributed by atoms with E-state index in [1.165, 1.54) is 55.9 Å². The molecule has 0 bridgehead atoms. The van der Waals surface area contributed by atoms with Gasteiger partial charge >= 0.3 is 0 Å². The van der Waals surface area contributed by atoms with Gasteiger partial charge in [0.1, 0.15) is 24.5 Å².